The van der Waals surface area contributed by atoms with E-state index in [0.717, 1.165) is 54.8 Å². The Morgan fingerprint density at radius 1 is 1.36 bits per heavy atom. The Kier molecular flexibility index (Phi) is 5.41. The minimum Gasteiger partial charge on any atom is -0.344 e. The number of aryl methyl sites for hydroxylation is 1. The molecule has 0 unspecified atom stereocenters. The zero-order valence-corrected chi connectivity index (χ0v) is 16.0. The van der Waals surface area contributed by atoms with Crippen LogP contribution in [0.3, 0.4) is 0 Å². The first-order valence-corrected chi connectivity index (χ1v) is 10.6. The number of hydrogen-bond donors (Lipinski definition) is 1. The number of unbranched alkanes of at least 4 members (excludes halogenated alkanes) is 1. The Morgan fingerprint density at radius 3 is 2.88 bits per heavy atom. The van der Waals surface area contributed by atoms with Gasteiger partial charge in [0.1, 0.15) is 5.82 Å². The molecule has 0 spiro atoms. The second kappa shape index (κ2) is 7.39. The van der Waals surface area contributed by atoms with Crippen molar-refractivity contribution >= 4 is 21.4 Å². The quantitative estimate of drug-likeness (QED) is 0.768. The molecule has 0 saturated heterocycles. The van der Waals surface area contributed by atoms with Gasteiger partial charge in [0.05, 0.1) is 11.4 Å². The van der Waals surface area contributed by atoms with Crippen LogP contribution < -0.4 is 0 Å². The number of aromatic amines is 1. The molecule has 9 heteroatoms. The van der Waals surface area contributed by atoms with E-state index in [9.17, 15) is 8.42 Å². The third-order valence-corrected chi connectivity index (χ3v) is 5.42. The van der Waals surface area contributed by atoms with E-state index in [1.54, 1.807) is 6.20 Å². The SMILES string of the molecule is CCCCc1nc(Cl)c(CN2CCc3nc(S(C)(=O)=O)ncc3C2)[nH]1. The number of sulfone groups is 1. The molecule has 1 aliphatic rings. The van der Waals surface area contributed by atoms with E-state index < -0.39 is 9.84 Å². The van der Waals surface area contributed by atoms with Crippen molar-refractivity contribution in [2.75, 3.05) is 12.8 Å². The van der Waals surface area contributed by atoms with Gasteiger partial charge in [0.15, 0.2) is 5.15 Å². The maximum Gasteiger partial charge on any atom is 0.246 e. The Morgan fingerprint density at radius 2 is 2.16 bits per heavy atom. The van der Waals surface area contributed by atoms with Crippen LogP contribution in [0.25, 0.3) is 0 Å². The van der Waals surface area contributed by atoms with E-state index in [-0.39, 0.29) is 5.16 Å². The van der Waals surface area contributed by atoms with Gasteiger partial charge < -0.3 is 4.98 Å². The van der Waals surface area contributed by atoms with Crippen LogP contribution in [-0.2, 0) is 35.8 Å². The topological polar surface area (TPSA) is 91.8 Å². The minimum absolute atomic E-state index is 0.100. The maximum atomic E-state index is 11.6. The number of aromatic nitrogens is 4. The van der Waals surface area contributed by atoms with Crippen LogP contribution in [0.15, 0.2) is 11.4 Å². The summed E-state index contributed by atoms with van der Waals surface area (Å²) >= 11 is 6.25. The summed E-state index contributed by atoms with van der Waals surface area (Å²) in [5, 5.41) is 0.428. The van der Waals surface area contributed by atoms with Crippen LogP contribution >= 0.6 is 11.6 Å². The highest BCUT2D eigenvalue weighted by Gasteiger charge is 2.22. The van der Waals surface area contributed by atoms with Gasteiger partial charge in [0, 0.05) is 50.5 Å². The van der Waals surface area contributed by atoms with Gasteiger partial charge in [-0.25, -0.2) is 23.4 Å². The molecule has 2 aromatic heterocycles. The molecule has 0 atom stereocenters. The molecule has 3 heterocycles. The number of imidazole rings is 1. The number of fused-ring (bicyclic) bond motifs is 1. The van der Waals surface area contributed by atoms with Crippen LogP contribution in [0.1, 0.15) is 42.5 Å². The molecule has 25 heavy (non-hydrogen) atoms. The number of nitrogens with zero attached hydrogens (tertiary/aromatic N) is 4. The molecule has 3 rings (SSSR count). The fourth-order valence-corrected chi connectivity index (χ4v) is 3.63. The lowest BCUT2D eigenvalue weighted by Crippen LogP contribution is -2.31. The fourth-order valence-electron chi connectivity index (χ4n) is 2.90. The van der Waals surface area contributed by atoms with Crippen molar-refractivity contribution < 1.29 is 8.42 Å². The van der Waals surface area contributed by atoms with E-state index in [1.165, 1.54) is 0 Å². The largest absolute Gasteiger partial charge is 0.344 e. The van der Waals surface area contributed by atoms with Gasteiger partial charge >= 0.3 is 0 Å². The van der Waals surface area contributed by atoms with Crippen LogP contribution in [0, 0.1) is 0 Å². The van der Waals surface area contributed by atoms with E-state index in [1.807, 2.05) is 0 Å². The van der Waals surface area contributed by atoms with Crippen molar-refractivity contribution in [1.29, 1.82) is 0 Å². The standard InChI is InChI=1S/C16H22ClN5O2S/c1-3-4-5-14-19-13(15(17)21-14)10-22-7-6-12-11(9-22)8-18-16(20-12)25(2,23)24/h8H,3-7,9-10H2,1-2H3,(H,19,21). The van der Waals surface area contributed by atoms with E-state index in [4.69, 9.17) is 11.6 Å². The summed E-state index contributed by atoms with van der Waals surface area (Å²) in [6.45, 7) is 4.27. The van der Waals surface area contributed by atoms with Gasteiger partial charge in [0.2, 0.25) is 15.0 Å². The molecule has 0 fully saturated rings. The molecule has 0 amide bonds. The minimum atomic E-state index is -3.38. The van der Waals surface area contributed by atoms with Crippen molar-refractivity contribution in [2.45, 2.75) is 50.9 Å². The first-order valence-electron chi connectivity index (χ1n) is 8.37. The highest BCUT2D eigenvalue weighted by Crippen LogP contribution is 2.22. The van der Waals surface area contributed by atoms with Gasteiger partial charge in [-0.3, -0.25) is 4.90 Å². The Hall–Kier alpha value is -1.51. The molecule has 0 aromatic carbocycles. The molecule has 0 radical (unpaired) electrons. The fraction of sp³-hybridized carbons (Fsp3) is 0.562. The lowest BCUT2D eigenvalue weighted by molar-refractivity contribution is 0.239. The summed E-state index contributed by atoms with van der Waals surface area (Å²) in [6.07, 6.45) is 6.54. The second-order valence-electron chi connectivity index (χ2n) is 6.41. The number of rotatable bonds is 6. The number of hydrogen-bond acceptors (Lipinski definition) is 6. The molecule has 2 aromatic rings. The van der Waals surface area contributed by atoms with Crippen molar-refractivity contribution in [2.24, 2.45) is 0 Å². The number of H-pyrrole nitrogens is 1. The number of nitrogens with one attached hydrogen (secondary N) is 1. The second-order valence-corrected chi connectivity index (χ2v) is 8.68. The third kappa shape index (κ3) is 4.37. The van der Waals surface area contributed by atoms with Gasteiger partial charge in [-0.2, -0.15) is 0 Å². The summed E-state index contributed by atoms with van der Waals surface area (Å²) in [4.78, 5) is 18.1. The zero-order valence-electron chi connectivity index (χ0n) is 14.4. The predicted octanol–water partition coefficient (Wildman–Crippen LogP) is 2.16. The van der Waals surface area contributed by atoms with Crippen molar-refractivity contribution in [3.05, 3.63) is 34.1 Å². The Bertz CT molecular complexity index is 865. The Balaban J connectivity index is 1.70. The average molecular weight is 384 g/mol. The lowest BCUT2D eigenvalue weighted by atomic mass is 10.1. The zero-order chi connectivity index (χ0) is 18.0. The molecule has 0 bridgehead atoms. The summed E-state index contributed by atoms with van der Waals surface area (Å²) in [5.41, 5.74) is 2.69. The predicted molar refractivity (Wildman–Crippen MR) is 95.2 cm³/mol. The van der Waals surface area contributed by atoms with E-state index >= 15 is 0 Å². The summed E-state index contributed by atoms with van der Waals surface area (Å²) in [5.74, 6) is 0.931. The molecular formula is C16H22ClN5O2S. The third-order valence-electron chi connectivity index (χ3n) is 4.25. The first kappa shape index (κ1) is 18.3. The molecule has 0 saturated carbocycles. The average Bonchev–Trinajstić information content (AvgIpc) is 2.91. The van der Waals surface area contributed by atoms with Crippen LogP contribution in [0.5, 0.6) is 0 Å². The summed E-state index contributed by atoms with van der Waals surface area (Å²) in [6, 6.07) is 0. The molecule has 136 valence electrons. The summed E-state index contributed by atoms with van der Waals surface area (Å²) < 4.78 is 23.2. The monoisotopic (exact) mass is 383 g/mol. The normalized spacial score (nSPS) is 15.3. The molecule has 1 aliphatic heterocycles. The summed E-state index contributed by atoms with van der Waals surface area (Å²) in [7, 11) is -3.38. The van der Waals surface area contributed by atoms with E-state index in [2.05, 4.69) is 31.8 Å². The molecular weight excluding hydrogens is 362 g/mol. The van der Waals surface area contributed by atoms with Crippen LogP contribution in [-0.4, -0.2) is 46.1 Å². The van der Waals surface area contributed by atoms with E-state index in [0.29, 0.717) is 24.7 Å². The van der Waals surface area contributed by atoms with Crippen LogP contribution in [0.2, 0.25) is 5.15 Å². The van der Waals surface area contributed by atoms with Crippen molar-refractivity contribution in [1.82, 2.24) is 24.8 Å². The number of halogens is 1. The molecule has 7 nitrogen and oxygen atoms in total. The van der Waals surface area contributed by atoms with Crippen LogP contribution in [0.4, 0.5) is 0 Å². The Labute approximate surface area is 152 Å². The van der Waals surface area contributed by atoms with Gasteiger partial charge in [-0.1, -0.05) is 24.9 Å². The lowest BCUT2D eigenvalue weighted by Gasteiger charge is -2.27. The highest BCUT2D eigenvalue weighted by atomic mass is 35.5. The van der Waals surface area contributed by atoms with Gasteiger partial charge in [-0.15, -0.1) is 0 Å². The molecule has 1 N–H and O–H groups in total. The van der Waals surface area contributed by atoms with Crippen molar-refractivity contribution in [3.8, 4) is 0 Å². The first-order chi connectivity index (χ1) is 11.9. The molecule has 0 aliphatic carbocycles. The van der Waals surface area contributed by atoms with Crippen molar-refractivity contribution in [3.63, 3.8) is 0 Å². The van der Waals surface area contributed by atoms with Gasteiger partial charge in [0.25, 0.3) is 0 Å². The maximum absolute atomic E-state index is 11.6. The highest BCUT2D eigenvalue weighted by molar-refractivity contribution is 7.90. The smallest absolute Gasteiger partial charge is 0.246 e. The van der Waals surface area contributed by atoms with Gasteiger partial charge in [-0.05, 0) is 6.42 Å².